The van der Waals surface area contributed by atoms with E-state index in [1.54, 1.807) is 13.0 Å². The molecule has 7 heteroatoms. The van der Waals surface area contributed by atoms with Gasteiger partial charge in [-0.3, -0.25) is 9.78 Å². The maximum atomic E-state index is 15.8. The first-order chi connectivity index (χ1) is 15.1. The smallest absolute Gasteiger partial charge is 0.253 e. The lowest BCUT2D eigenvalue weighted by atomic mass is 9.92. The summed E-state index contributed by atoms with van der Waals surface area (Å²) in [7, 11) is 0. The van der Waals surface area contributed by atoms with E-state index < -0.39 is 56.3 Å². The molecule has 27 heavy (non-hydrogen) atoms. The molecule has 1 saturated heterocycles. The topological polar surface area (TPSA) is 45.2 Å². The van der Waals surface area contributed by atoms with E-state index >= 15 is 4.39 Å². The van der Waals surface area contributed by atoms with Crippen LogP contribution in [0.3, 0.4) is 0 Å². The molecule has 2 aromatic rings. The van der Waals surface area contributed by atoms with Crippen molar-refractivity contribution in [3.63, 3.8) is 0 Å². The van der Waals surface area contributed by atoms with Crippen molar-refractivity contribution in [2.75, 3.05) is 19.5 Å². The van der Waals surface area contributed by atoms with Crippen LogP contribution in [0.5, 0.6) is 0 Å². The van der Waals surface area contributed by atoms with Crippen molar-refractivity contribution in [2.45, 2.75) is 31.9 Å². The van der Waals surface area contributed by atoms with Crippen molar-refractivity contribution in [1.82, 2.24) is 15.2 Å². The standard InChI is InChI=1S/C20H22ClF2N3O/c1-14-2-4-16(25-11-14)12-24-13-20(23)6-8-26(9-7-20)19(27)15-3-5-18(22)17(21)10-15/h2-5,10-11,24H,6-9,12-13H2,1H3/i8D2,12D2,13D2. The van der Waals surface area contributed by atoms with Gasteiger partial charge in [0, 0.05) is 58.9 Å². The van der Waals surface area contributed by atoms with Crippen LogP contribution >= 0.6 is 11.6 Å². The Morgan fingerprint density at radius 3 is 2.93 bits per heavy atom. The number of hydrogen-bond donors (Lipinski definition) is 1. The van der Waals surface area contributed by atoms with Gasteiger partial charge < -0.3 is 10.2 Å². The Bertz CT molecular complexity index is 1060. The fraction of sp³-hybridized carbons (Fsp3) is 0.400. The highest BCUT2D eigenvalue weighted by molar-refractivity contribution is 6.31. The van der Waals surface area contributed by atoms with Crippen molar-refractivity contribution in [2.24, 2.45) is 0 Å². The van der Waals surface area contributed by atoms with E-state index in [0.717, 1.165) is 28.7 Å². The van der Waals surface area contributed by atoms with Gasteiger partial charge in [0.25, 0.3) is 5.91 Å². The summed E-state index contributed by atoms with van der Waals surface area (Å²) in [4.78, 5) is 17.4. The number of aromatic nitrogens is 1. The molecule has 0 saturated carbocycles. The Kier molecular flexibility index (Phi) is 4.06. The van der Waals surface area contributed by atoms with Crippen LogP contribution in [0.15, 0.2) is 36.5 Å². The van der Waals surface area contributed by atoms with Crippen LogP contribution < -0.4 is 5.32 Å². The quantitative estimate of drug-likeness (QED) is 0.828. The van der Waals surface area contributed by atoms with E-state index in [9.17, 15) is 9.18 Å². The summed E-state index contributed by atoms with van der Waals surface area (Å²) >= 11 is 5.70. The molecule has 1 aliphatic rings. The van der Waals surface area contributed by atoms with Crippen molar-refractivity contribution in [3.8, 4) is 0 Å². The first-order valence-electron chi connectivity index (χ1n) is 11.3. The zero-order chi connectivity index (χ0) is 24.8. The molecule has 0 radical (unpaired) electrons. The normalized spacial score (nSPS) is 26.1. The lowest BCUT2D eigenvalue weighted by Gasteiger charge is -2.36. The maximum Gasteiger partial charge on any atom is 0.253 e. The van der Waals surface area contributed by atoms with Crippen molar-refractivity contribution in [3.05, 3.63) is 64.2 Å². The number of alkyl halides is 1. The van der Waals surface area contributed by atoms with E-state index in [-0.39, 0.29) is 16.3 Å². The lowest BCUT2D eigenvalue weighted by molar-refractivity contribution is 0.0434. The number of nitrogens with zero attached hydrogens (tertiary/aromatic N) is 2. The fourth-order valence-corrected chi connectivity index (χ4v) is 2.67. The van der Waals surface area contributed by atoms with Gasteiger partial charge in [-0.2, -0.15) is 0 Å². The van der Waals surface area contributed by atoms with Crippen LogP contribution in [0.25, 0.3) is 0 Å². The fourth-order valence-electron chi connectivity index (χ4n) is 2.49. The second-order valence-corrected chi connectivity index (χ2v) is 6.64. The number of halogens is 3. The third kappa shape index (κ3) is 5.02. The van der Waals surface area contributed by atoms with Crippen LogP contribution in [0.4, 0.5) is 8.78 Å². The zero-order valence-electron chi connectivity index (χ0n) is 20.5. The highest BCUT2D eigenvalue weighted by Crippen LogP contribution is 2.27. The Balaban J connectivity index is 1.81. The molecule has 3 rings (SSSR count). The molecule has 2 heterocycles. The zero-order valence-corrected chi connectivity index (χ0v) is 15.3. The van der Waals surface area contributed by atoms with Crippen LogP contribution in [0, 0.1) is 12.7 Å². The van der Waals surface area contributed by atoms with Crippen LogP contribution in [-0.2, 0) is 6.50 Å². The maximum absolute atomic E-state index is 15.8. The van der Waals surface area contributed by atoms with E-state index in [4.69, 9.17) is 19.8 Å². The van der Waals surface area contributed by atoms with Crippen LogP contribution in [0.1, 0.15) is 42.7 Å². The average Bonchev–Trinajstić information content (AvgIpc) is 2.68. The Labute approximate surface area is 171 Å². The molecular formula is C20H22ClF2N3O. The number of benzene rings is 1. The first kappa shape index (κ1) is 13.2. The van der Waals surface area contributed by atoms with Crippen LogP contribution in [-0.4, -0.2) is 41.0 Å². The van der Waals surface area contributed by atoms with E-state index in [1.165, 1.54) is 12.3 Å². The predicted octanol–water partition coefficient (Wildman–Crippen LogP) is 3.92. The number of nitrogens with one attached hydrogen (secondary N) is 1. The molecule has 0 bridgehead atoms. The van der Waals surface area contributed by atoms with Gasteiger partial charge in [0.2, 0.25) is 0 Å². The molecule has 1 aromatic heterocycles. The van der Waals surface area contributed by atoms with Gasteiger partial charge in [0.15, 0.2) is 0 Å². The summed E-state index contributed by atoms with van der Waals surface area (Å²) in [6.07, 6.45) is -0.275. The van der Waals surface area contributed by atoms with Crippen molar-refractivity contribution < 1.29 is 21.8 Å². The molecule has 1 fully saturated rings. The van der Waals surface area contributed by atoms with E-state index in [2.05, 4.69) is 4.98 Å². The summed E-state index contributed by atoms with van der Waals surface area (Å²) in [5, 5.41) is 1.68. The molecule has 1 aromatic carbocycles. The number of carbonyl (C=O) groups excluding carboxylic acids is 1. The molecule has 1 aliphatic heterocycles. The van der Waals surface area contributed by atoms with E-state index in [1.807, 2.05) is 5.32 Å². The van der Waals surface area contributed by atoms with Gasteiger partial charge in [0.05, 0.1) is 10.7 Å². The number of rotatable bonds is 5. The number of amides is 1. The highest BCUT2D eigenvalue weighted by atomic mass is 35.5. The molecule has 1 atom stereocenters. The lowest BCUT2D eigenvalue weighted by Crippen LogP contribution is -2.48. The molecule has 144 valence electrons. The molecule has 1 unspecified atom stereocenters. The molecule has 0 aliphatic carbocycles. The molecule has 1 N–H and O–H groups in total. The van der Waals surface area contributed by atoms with Crippen molar-refractivity contribution >= 4 is 17.5 Å². The van der Waals surface area contributed by atoms with Gasteiger partial charge >= 0.3 is 0 Å². The van der Waals surface area contributed by atoms with Crippen molar-refractivity contribution in [1.29, 1.82) is 0 Å². The van der Waals surface area contributed by atoms with Gasteiger partial charge in [-0.15, -0.1) is 0 Å². The Morgan fingerprint density at radius 1 is 1.44 bits per heavy atom. The predicted molar refractivity (Wildman–Crippen MR) is 101 cm³/mol. The minimum atomic E-state index is -3.01. The summed E-state index contributed by atoms with van der Waals surface area (Å²) < 4.78 is 78.4. The van der Waals surface area contributed by atoms with Gasteiger partial charge in [-0.25, -0.2) is 8.78 Å². The third-order valence-electron chi connectivity index (χ3n) is 4.08. The molecular weight excluding hydrogens is 372 g/mol. The minimum absolute atomic E-state index is 0.0976. The number of piperidine rings is 1. The largest absolute Gasteiger partial charge is 0.338 e. The molecule has 1 amide bonds. The number of likely N-dealkylation sites (tertiary alicyclic amines) is 1. The summed E-state index contributed by atoms with van der Waals surface area (Å²) in [5.74, 6) is -1.61. The molecule has 0 spiro atoms. The third-order valence-corrected chi connectivity index (χ3v) is 4.37. The summed E-state index contributed by atoms with van der Waals surface area (Å²) in [6, 6.07) is 6.04. The van der Waals surface area contributed by atoms with Gasteiger partial charge in [-0.05, 0) is 36.8 Å². The van der Waals surface area contributed by atoms with Gasteiger partial charge in [0.1, 0.15) is 11.5 Å². The number of aryl methyl sites for hydroxylation is 1. The monoisotopic (exact) mass is 399 g/mol. The summed E-state index contributed by atoms with van der Waals surface area (Å²) in [5.41, 5.74) is -2.36. The highest BCUT2D eigenvalue weighted by Gasteiger charge is 2.35. The number of pyridine rings is 1. The average molecular weight is 400 g/mol. The summed E-state index contributed by atoms with van der Waals surface area (Å²) in [6.45, 7) is -6.93. The second-order valence-electron chi connectivity index (χ2n) is 6.23. The van der Waals surface area contributed by atoms with E-state index in [0.29, 0.717) is 0 Å². The SMILES string of the molecule is [2H]C([2H])(NC([2H])([2H])C1(F)CCN(C(=O)c2ccc(F)c(Cl)c2)C([2H])([2H])C1)c1ccc(C)cn1. The Hall–Kier alpha value is -2.05. The van der Waals surface area contributed by atoms with Gasteiger partial charge in [-0.1, -0.05) is 17.7 Å². The second kappa shape index (κ2) is 8.31. The number of hydrogen-bond acceptors (Lipinski definition) is 3. The first-order valence-corrected chi connectivity index (χ1v) is 8.64. The van der Waals surface area contributed by atoms with Crippen LogP contribution in [0.2, 0.25) is 5.02 Å². The Morgan fingerprint density at radius 2 is 2.26 bits per heavy atom. The minimum Gasteiger partial charge on any atom is -0.338 e. The number of carbonyl (C=O) groups is 1. The molecule has 4 nitrogen and oxygen atoms in total.